The Hall–Kier alpha value is -0.388. The second-order valence-electron chi connectivity index (χ2n) is 3.31. The molecule has 0 fully saturated rings. The number of nitrogens with one attached hydrogen (secondary N) is 2. The Morgan fingerprint density at radius 3 is 1.67 bits per heavy atom. The van der Waals surface area contributed by atoms with Gasteiger partial charge in [0.15, 0.2) is 5.11 Å². The van der Waals surface area contributed by atoms with Crippen LogP contribution in [0.25, 0.3) is 0 Å². The quantitative estimate of drug-likeness (QED) is 0.485. The first-order valence-corrected chi connectivity index (χ1v) is 5.43. The largest absolute Gasteiger partial charge is 0.332 e. The summed E-state index contributed by atoms with van der Waals surface area (Å²) in [5.41, 5.74) is 1.96. The predicted octanol–water partition coefficient (Wildman–Crippen LogP) is 3.55. The van der Waals surface area contributed by atoms with E-state index in [1.54, 1.807) is 0 Å². The van der Waals surface area contributed by atoms with E-state index < -0.39 is 9.79 Å². The molecule has 0 spiro atoms. The number of para-hydroxylation sites is 2. The monoisotopic (exact) mass is 503 g/mol. The molecule has 92 valence electrons. The zero-order chi connectivity index (χ0) is 13.9. The smallest absolute Gasteiger partial charge is 0.175 e. The minimum Gasteiger partial charge on any atom is -0.332 e. The second kappa shape index (κ2) is 9.53. The molecule has 0 heterocycles. The van der Waals surface area contributed by atoms with Crippen LogP contribution in [0.4, 0.5) is 11.4 Å². The van der Waals surface area contributed by atoms with Crippen LogP contribution in [0.15, 0.2) is 60.7 Å². The van der Waals surface area contributed by atoms with Crippen molar-refractivity contribution in [2.24, 2.45) is 0 Å². The van der Waals surface area contributed by atoms with Crippen molar-refractivity contribution in [3.8, 4) is 0 Å². The minimum atomic E-state index is -0.417. The van der Waals surface area contributed by atoms with Crippen molar-refractivity contribution >= 4 is 38.5 Å². The molecule has 0 amide bonds. The fourth-order valence-electron chi connectivity index (χ4n) is 1.34. The van der Waals surface area contributed by atoms with Gasteiger partial charge in [-0.2, -0.15) is 9.79 Å². The van der Waals surface area contributed by atoms with E-state index >= 15 is 0 Å². The van der Waals surface area contributed by atoms with E-state index in [9.17, 15) is 0 Å². The molecule has 0 saturated carbocycles. The normalized spacial score (nSPS) is 10.2. The molecule has 0 bridgehead atoms. The number of thiocarbonyl (C=S) groups is 1. The molecule has 2 aromatic carbocycles. The molecule has 0 aliphatic heterocycles. The average molecular weight is 503 g/mol. The van der Waals surface area contributed by atoms with Gasteiger partial charge in [-0.25, -0.2) is 0 Å². The van der Waals surface area contributed by atoms with E-state index in [1.807, 2.05) is 60.7 Å². The van der Waals surface area contributed by atoms with Crippen molar-refractivity contribution in [2.45, 2.75) is 0 Å². The van der Waals surface area contributed by atoms with E-state index in [0.29, 0.717) is 5.11 Å². The first kappa shape index (κ1) is 14.0. The molecule has 1 unspecified atom stereocenters. The van der Waals surface area contributed by atoms with Gasteiger partial charge in [-0.1, -0.05) is 36.4 Å². The molecule has 0 saturated heterocycles. The van der Waals surface area contributed by atoms with Gasteiger partial charge < -0.3 is 10.6 Å². The number of anilines is 2. The van der Waals surface area contributed by atoms with E-state index in [-0.39, 0.29) is 31.1 Å². The number of hydrogen-bond donors (Lipinski definition) is 2. The summed E-state index contributed by atoms with van der Waals surface area (Å²) in [6.45, 7) is 0. The van der Waals surface area contributed by atoms with Gasteiger partial charge in [0, 0.05) is 42.5 Å². The van der Waals surface area contributed by atoms with Crippen molar-refractivity contribution in [1.82, 2.24) is 0 Å². The molecule has 2 rings (SSSR count). The Bertz CT molecular complexity index is 445. The van der Waals surface area contributed by atoms with E-state index in [4.69, 9.17) is 14.8 Å². The summed E-state index contributed by atoms with van der Waals surface area (Å²) in [6.07, 6.45) is 0. The summed E-state index contributed by atoms with van der Waals surface area (Å²) < 4.78 is 11.8. The van der Waals surface area contributed by atoms with Crippen molar-refractivity contribution in [3.63, 3.8) is 0 Å². The zero-order valence-electron chi connectivity index (χ0n) is 11.7. The standard InChI is InChI=1S/C13H12N2S.H3P.U/c16-13(14-11-7-3-1-4-8-11)15-12-9-5-2-6-10-12;;/h1-10H,(H2,14,15,16);1H3;/i;1TD;. The van der Waals surface area contributed by atoms with E-state index in [0.717, 1.165) is 11.4 Å². The van der Waals surface area contributed by atoms with Crippen LogP contribution in [0.3, 0.4) is 0 Å². The molecule has 0 aliphatic carbocycles. The van der Waals surface area contributed by atoms with Gasteiger partial charge in [-0.3, -0.25) is 0 Å². The maximum atomic E-state index is 5.90. The molecule has 2 nitrogen and oxygen atoms in total. The van der Waals surface area contributed by atoms with E-state index in [1.165, 1.54) is 0 Å². The Labute approximate surface area is 143 Å². The van der Waals surface area contributed by atoms with Gasteiger partial charge in [-0.15, -0.1) is 0 Å². The fraction of sp³-hybridized carbons (Fsp3) is 0. The minimum absolute atomic E-state index is 0. The average Bonchev–Trinajstić information content (AvgIpc) is 2.41. The molecule has 2 aromatic rings. The van der Waals surface area contributed by atoms with Crippen LogP contribution >= 0.6 is 22.0 Å². The number of benzene rings is 2. The summed E-state index contributed by atoms with van der Waals surface area (Å²) in [7, 11) is -0.417. The van der Waals surface area contributed by atoms with Gasteiger partial charge >= 0.3 is 0 Å². The van der Waals surface area contributed by atoms with Gasteiger partial charge in [-0.05, 0) is 36.5 Å². The molecule has 0 aromatic heterocycles. The molecular weight excluding hydrogens is 485 g/mol. The Kier molecular flexibility index (Phi) is 7.43. The van der Waals surface area contributed by atoms with Gasteiger partial charge in [0.25, 0.3) is 0 Å². The zero-order valence-corrected chi connectivity index (χ0v) is 15.7. The van der Waals surface area contributed by atoms with Crippen molar-refractivity contribution in [1.29, 1.82) is 2.56 Å². The van der Waals surface area contributed by atoms with Crippen LogP contribution in [0.5, 0.6) is 0 Å². The summed E-state index contributed by atoms with van der Waals surface area (Å²) in [5.74, 6) is 0. The Morgan fingerprint density at radius 2 is 1.33 bits per heavy atom. The van der Waals surface area contributed by atoms with Crippen LogP contribution in [-0.2, 0) is 0 Å². The maximum Gasteiger partial charge on any atom is 0.175 e. The number of hydrogen-bond acceptors (Lipinski definition) is 1. The Balaban J connectivity index is 0.000000830. The van der Waals surface area contributed by atoms with E-state index in [2.05, 4.69) is 10.6 Å². The summed E-state index contributed by atoms with van der Waals surface area (Å²) in [5, 5.41) is 6.82. The van der Waals surface area contributed by atoms with Crippen LogP contribution in [0.1, 0.15) is 0 Å². The third-order valence-corrected chi connectivity index (χ3v) is 2.27. The molecule has 0 aliphatic rings. The summed E-state index contributed by atoms with van der Waals surface area (Å²) in [6, 6.07) is 19.7. The molecule has 2 N–H and O–H groups in total. The van der Waals surface area contributed by atoms with Gasteiger partial charge in [0.1, 0.15) is 0 Å². The topological polar surface area (TPSA) is 24.1 Å². The van der Waals surface area contributed by atoms with Crippen molar-refractivity contribution < 1.29 is 31.1 Å². The summed E-state index contributed by atoms with van der Waals surface area (Å²) in [4.78, 5) is 0. The van der Waals surface area contributed by atoms with Gasteiger partial charge in [0.2, 0.25) is 0 Å². The molecule has 1 atom stereocenters. The third kappa shape index (κ3) is 5.98. The van der Waals surface area contributed by atoms with Crippen molar-refractivity contribution in [2.75, 3.05) is 10.6 Å². The van der Waals surface area contributed by atoms with Crippen LogP contribution < -0.4 is 10.6 Å². The first-order valence-electron chi connectivity index (χ1n) is 6.03. The summed E-state index contributed by atoms with van der Waals surface area (Å²) >= 11 is 5.20. The first-order chi connectivity index (χ1) is 9.26. The Morgan fingerprint density at radius 1 is 1.00 bits per heavy atom. The predicted molar refractivity (Wildman–Crippen MR) is 83.8 cm³/mol. The molecule has 0 radical (unpaired) electrons. The van der Waals surface area contributed by atoms with Crippen LogP contribution in [-0.4, -0.2) is 7.67 Å². The van der Waals surface area contributed by atoms with Crippen LogP contribution in [0.2, 0.25) is 0 Å². The maximum absolute atomic E-state index is 5.90. The molecule has 5 heteroatoms. The van der Waals surface area contributed by atoms with Gasteiger partial charge in [0.05, 0.1) is 2.56 Å². The van der Waals surface area contributed by atoms with Crippen molar-refractivity contribution in [3.05, 3.63) is 60.7 Å². The fourth-order valence-corrected chi connectivity index (χ4v) is 1.57. The van der Waals surface area contributed by atoms with Crippen LogP contribution in [0, 0.1) is 31.1 Å². The molecular formula is C13H15N2PSU. The SMILES string of the molecule is S=C(Nc1ccccc1)Nc1ccccc1.[2H]P[3H].[U]. The second-order valence-corrected chi connectivity index (χ2v) is 3.72. The molecule has 18 heavy (non-hydrogen) atoms. The number of rotatable bonds is 2. The third-order valence-electron chi connectivity index (χ3n) is 2.06.